The van der Waals surface area contributed by atoms with Crippen molar-refractivity contribution in [2.75, 3.05) is 19.6 Å². The van der Waals surface area contributed by atoms with Gasteiger partial charge in [0.2, 0.25) is 0 Å². The smallest absolute Gasteiger partial charge is 0.273 e. The molecule has 160 valence electrons. The Balaban J connectivity index is 0.00000256. The van der Waals surface area contributed by atoms with Gasteiger partial charge in [-0.15, -0.1) is 23.7 Å². The van der Waals surface area contributed by atoms with Gasteiger partial charge in [-0.2, -0.15) is 0 Å². The minimum absolute atomic E-state index is 0. The monoisotopic (exact) mass is 465 g/mol. The lowest BCUT2D eigenvalue weighted by molar-refractivity contribution is 0.0925. The fourth-order valence-corrected chi connectivity index (χ4v) is 4.70. The minimum atomic E-state index is -0.217. The first-order chi connectivity index (χ1) is 14.2. The van der Waals surface area contributed by atoms with E-state index in [-0.39, 0.29) is 30.0 Å². The highest BCUT2D eigenvalue weighted by atomic mass is 35.5. The maximum Gasteiger partial charge on any atom is 0.273 e. The summed E-state index contributed by atoms with van der Waals surface area (Å²) in [5.41, 5.74) is 1.12. The zero-order valence-electron chi connectivity index (χ0n) is 16.6. The van der Waals surface area contributed by atoms with Crippen LogP contribution in [-0.2, 0) is 0 Å². The summed E-state index contributed by atoms with van der Waals surface area (Å²) in [4.78, 5) is 16.5. The molecule has 5 nitrogen and oxygen atoms in total. The molecule has 0 spiro atoms. The van der Waals surface area contributed by atoms with Crippen molar-refractivity contribution in [1.82, 2.24) is 15.4 Å². The van der Waals surface area contributed by atoms with Crippen molar-refractivity contribution >= 4 is 41.3 Å². The van der Waals surface area contributed by atoms with Gasteiger partial charge in [-0.1, -0.05) is 35.7 Å². The summed E-state index contributed by atoms with van der Waals surface area (Å²) < 4.78 is 5.36. The molecule has 1 aliphatic rings. The lowest BCUT2D eigenvalue weighted by Gasteiger charge is -2.30. The molecule has 8 heteroatoms. The summed E-state index contributed by atoms with van der Waals surface area (Å²) in [5, 5.41) is 9.76. The number of benzene rings is 1. The molecule has 30 heavy (non-hydrogen) atoms. The van der Waals surface area contributed by atoms with E-state index in [0.29, 0.717) is 17.3 Å². The van der Waals surface area contributed by atoms with Crippen molar-refractivity contribution in [2.45, 2.75) is 31.7 Å². The Kier molecular flexibility index (Phi) is 8.33. The maximum atomic E-state index is 12.7. The molecular weight excluding hydrogens is 441 g/mol. The van der Waals surface area contributed by atoms with Crippen LogP contribution in [0.15, 0.2) is 52.4 Å². The standard InChI is InChI=1S/C22H24ClN3O2S.ClH/c23-17-9-7-16(8-10-17)20-14-18(25-28-20)22(27)24-15-19(21-6-5-13-29-21)26-11-3-1-2-4-12-26;/h5-10,13-14,19H,1-4,11-12,15H2,(H,24,27);1H. The number of carbonyl (C=O) groups excluding carboxylic acids is 1. The van der Waals surface area contributed by atoms with Crippen LogP contribution < -0.4 is 5.32 Å². The molecule has 1 aliphatic heterocycles. The minimum Gasteiger partial charge on any atom is -0.355 e. The predicted molar refractivity (Wildman–Crippen MR) is 124 cm³/mol. The van der Waals surface area contributed by atoms with Crippen LogP contribution in [0.3, 0.4) is 0 Å². The summed E-state index contributed by atoms with van der Waals surface area (Å²) >= 11 is 7.67. The summed E-state index contributed by atoms with van der Waals surface area (Å²) in [6, 6.07) is 13.3. The van der Waals surface area contributed by atoms with Gasteiger partial charge in [-0.3, -0.25) is 9.69 Å². The quantitative estimate of drug-likeness (QED) is 0.497. The number of halogens is 2. The van der Waals surface area contributed by atoms with E-state index >= 15 is 0 Å². The van der Waals surface area contributed by atoms with Crippen molar-refractivity contribution in [3.05, 3.63) is 63.4 Å². The maximum absolute atomic E-state index is 12.7. The van der Waals surface area contributed by atoms with Crippen LogP contribution in [0.2, 0.25) is 5.02 Å². The average molecular weight is 466 g/mol. The van der Waals surface area contributed by atoms with Gasteiger partial charge in [0.05, 0.1) is 6.04 Å². The Morgan fingerprint density at radius 1 is 1.17 bits per heavy atom. The molecular formula is C22H25Cl2N3O2S. The van der Waals surface area contributed by atoms with Crippen molar-refractivity contribution in [3.8, 4) is 11.3 Å². The number of nitrogens with one attached hydrogen (secondary N) is 1. The molecule has 1 saturated heterocycles. The number of hydrogen-bond donors (Lipinski definition) is 1. The first-order valence-electron chi connectivity index (χ1n) is 9.99. The number of aromatic nitrogens is 1. The largest absolute Gasteiger partial charge is 0.355 e. The highest BCUT2D eigenvalue weighted by Gasteiger charge is 2.24. The van der Waals surface area contributed by atoms with Crippen LogP contribution in [0.1, 0.15) is 47.1 Å². The Bertz CT molecular complexity index is 920. The summed E-state index contributed by atoms with van der Waals surface area (Å²) in [5.74, 6) is 0.333. The highest BCUT2D eigenvalue weighted by molar-refractivity contribution is 7.10. The van der Waals surface area contributed by atoms with Gasteiger partial charge in [0.15, 0.2) is 11.5 Å². The molecule has 1 fully saturated rings. The number of thiophene rings is 1. The van der Waals surface area contributed by atoms with Crippen LogP contribution >= 0.6 is 35.3 Å². The van der Waals surface area contributed by atoms with Crippen molar-refractivity contribution in [2.24, 2.45) is 0 Å². The normalized spacial score (nSPS) is 15.8. The fourth-order valence-electron chi connectivity index (χ4n) is 3.71. The lowest BCUT2D eigenvalue weighted by Crippen LogP contribution is -2.38. The number of hydrogen-bond acceptors (Lipinski definition) is 5. The van der Waals surface area contributed by atoms with E-state index in [4.69, 9.17) is 16.1 Å². The van der Waals surface area contributed by atoms with Gasteiger partial charge < -0.3 is 9.84 Å². The van der Waals surface area contributed by atoms with Gasteiger partial charge >= 0.3 is 0 Å². The SMILES string of the molecule is Cl.O=C(NCC(c1cccs1)N1CCCCCC1)c1cc(-c2ccc(Cl)cc2)on1. The molecule has 3 heterocycles. The number of amides is 1. The number of nitrogens with zero attached hydrogens (tertiary/aromatic N) is 2. The Labute approximate surface area is 191 Å². The van der Waals surface area contributed by atoms with Crippen LogP contribution in [0.25, 0.3) is 11.3 Å². The fraction of sp³-hybridized carbons (Fsp3) is 0.364. The lowest BCUT2D eigenvalue weighted by atomic mass is 10.1. The van der Waals surface area contributed by atoms with E-state index in [9.17, 15) is 4.79 Å². The van der Waals surface area contributed by atoms with Gasteiger partial charge in [0.1, 0.15) is 0 Å². The van der Waals surface area contributed by atoms with Crippen molar-refractivity contribution in [3.63, 3.8) is 0 Å². The molecule has 1 unspecified atom stereocenters. The van der Waals surface area contributed by atoms with Crippen LogP contribution in [0.4, 0.5) is 0 Å². The zero-order valence-corrected chi connectivity index (χ0v) is 18.9. The number of rotatable bonds is 6. The van der Waals surface area contributed by atoms with Gasteiger partial charge in [-0.05, 0) is 61.6 Å². The number of carbonyl (C=O) groups is 1. The molecule has 1 N–H and O–H groups in total. The van der Waals surface area contributed by atoms with E-state index in [0.717, 1.165) is 18.7 Å². The Morgan fingerprint density at radius 3 is 2.57 bits per heavy atom. The zero-order chi connectivity index (χ0) is 20.1. The van der Waals surface area contributed by atoms with Gasteiger partial charge in [-0.25, -0.2) is 0 Å². The Morgan fingerprint density at radius 2 is 1.90 bits per heavy atom. The van der Waals surface area contributed by atoms with Crippen LogP contribution in [0, 0.1) is 0 Å². The molecule has 4 rings (SSSR count). The summed E-state index contributed by atoms with van der Waals surface area (Å²) in [6.45, 7) is 2.70. The van der Waals surface area contributed by atoms with E-state index < -0.39 is 0 Å². The first kappa shape index (κ1) is 22.8. The van der Waals surface area contributed by atoms with E-state index in [1.807, 2.05) is 12.1 Å². The third-order valence-electron chi connectivity index (χ3n) is 5.28. The van der Waals surface area contributed by atoms with Crippen molar-refractivity contribution in [1.29, 1.82) is 0 Å². The molecule has 0 radical (unpaired) electrons. The molecule has 3 aromatic rings. The van der Waals surface area contributed by atoms with E-state index in [2.05, 4.69) is 32.9 Å². The third kappa shape index (κ3) is 5.64. The first-order valence-corrected chi connectivity index (χ1v) is 11.2. The molecule has 2 aromatic heterocycles. The molecule has 0 saturated carbocycles. The third-order valence-corrected chi connectivity index (χ3v) is 6.51. The molecule has 1 aromatic carbocycles. The second-order valence-electron chi connectivity index (χ2n) is 7.27. The van der Waals surface area contributed by atoms with Gasteiger partial charge in [0.25, 0.3) is 5.91 Å². The van der Waals surface area contributed by atoms with Crippen molar-refractivity contribution < 1.29 is 9.32 Å². The number of likely N-dealkylation sites (tertiary alicyclic amines) is 1. The Hall–Kier alpha value is -1.86. The summed E-state index contributed by atoms with van der Waals surface area (Å²) in [7, 11) is 0. The summed E-state index contributed by atoms with van der Waals surface area (Å²) in [6.07, 6.45) is 4.99. The predicted octanol–water partition coefficient (Wildman–Crippen LogP) is 5.83. The van der Waals surface area contributed by atoms with Crippen LogP contribution in [0.5, 0.6) is 0 Å². The highest BCUT2D eigenvalue weighted by Crippen LogP contribution is 2.27. The molecule has 0 bridgehead atoms. The van der Waals surface area contributed by atoms with Crippen LogP contribution in [-0.4, -0.2) is 35.6 Å². The average Bonchev–Trinajstić information content (AvgIpc) is 3.37. The molecule has 0 aliphatic carbocycles. The molecule has 1 atom stereocenters. The van der Waals surface area contributed by atoms with Gasteiger partial charge in [0, 0.05) is 28.1 Å². The molecule has 1 amide bonds. The second kappa shape index (κ2) is 11.0. The topological polar surface area (TPSA) is 58.4 Å². The van der Waals surface area contributed by atoms with E-state index in [1.54, 1.807) is 29.5 Å². The van der Waals surface area contributed by atoms with E-state index in [1.165, 1.54) is 30.6 Å². The second-order valence-corrected chi connectivity index (χ2v) is 8.69.